The number of fused-ring (bicyclic) bond motifs is 1. The lowest BCUT2D eigenvalue weighted by atomic mass is 9.38. The first-order valence-corrected chi connectivity index (χ1v) is 11.4. The van der Waals surface area contributed by atoms with Crippen LogP contribution in [0, 0.1) is 34.0 Å². The molecule has 6 fully saturated rings. The molecular weight excluding hydrogens is 344 g/mol. The molecule has 28 heavy (non-hydrogen) atoms. The molecule has 0 radical (unpaired) electrons. The Balaban J connectivity index is 1.43. The van der Waals surface area contributed by atoms with Gasteiger partial charge in [0.25, 0.3) is 0 Å². The van der Waals surface area contributed by atoms with Crippen molar-refractivity contribution in [3.8, 4) is 0 Å². The lowest BCUT2D eigenvalue weighted by Crippen LogP contribution is -2.61. The average Bonchev–Trinajstić information content (AvgIpc) is 3.21. The van der Waals surface area contributed by atoms with Crippen LogP contribution in [0.3, 0.4) is 0 Å². The number of allylic oxidation sites excluding steroid dienone is 5. The van der Waals surface area contributed by atoms with Crippen LogP contribution in [0.1, 0.15) is 52.4 Å². The van der Waals surface area contributed by atoms with Gasteiger partial charge in [0.15, 0.2) is 0 Å². The van der Waals surface area contributed by atoms with Crippen LogP contribution in [0.5, 0.6) is 0 Å². The number of nitrogens with one attached hydrogen (secondary N) is 1. The molecule has 2 aliphatic heterocycles. The summed E-state index contributed by atoms with van der Waals surface area (Å²) >= 11 is 0. The number of amides is 1. The lowest BCUT2D eigenvalue weighted by molar-refractivity contribution is -0.175. The van der Waals surface area contributed by atoms with Crippen LogP contribution in [-0.4, -0.2) is 37.0 Å². The van der Waals surface area contributed by atoms with Crippen molar-refractivity contribution >= 4 is 5.91 Å². The highest BCUT2D eigenvalue weighted by atomic mass is 16.2. The number of hydrogen-bond acceptors (Lipinski definition) is 2. The second kappa shape index (κ2) is 6.32. The molecule has 0 aromatic heterocycles. The molecule has 1 amide bonds. The van der Waals surface area contributed by atoms with E-state index in [0.717, 1.165) is 45.4 Å². The van der Waals surface area contributed by atoms with Crippen molar-refractivity contribution < 1.29 is 4.79 Å². The zero-order chi connectivity index (χ0) is 19.6. The summed E-state index contributed by atoms with van der Waals surface area (Å²) in [7, 11) is 0. The monoisotopic (exact) mass is 380 g/mol. The number of nitrogens with zero attached hydrogens (tertiary/aromatic N) is 1. The van der Waals surface area contributed by atoms with Crippen molar-refractivity contribution in [2.75, 3.05) is 26.2 Å². The van der Waals surface area contributed by atoms with Gasteiger partial charge >= 0.3 is 0 Å². The summed E-state index contributed by atoms with van der Waals surface area (Å²) in [6.07, 6.45) is 15.5. The van der Waals surface area contributed by atoms with Gasteiger partial charge in [-0.1, -0.05) is 37.8 Å². The van der Waals surface area contributed by atoms with E-state index in [0.29, 0.717) is 29.1 Å². The minimum absolute atomic E-state index is 0.127. The average molecular weight is 381 g/mol. The van der Waals surface area contributed by atoms with Crippen LogP contribution in [-0.2, 0) is 4.79 Å². The van der Waals surface area contributed by atoms with Gasteiger partial charge in [-0.25, -0.2) is 0 Å². The highest BCUT2D eigenvalue weighted by Crippen LogP contribution is 2.71. The molecule has 1 N–H and O–H groups in total. The predicted molar refractivity (Wildman–Crippen MR) is 114 cm³/mol. The van der Waals surface area contributed by atoms with Gasteiger partial charge in [0.2, 0.25) is 5.91 Å². The molecule has 4 saturated carbocycles. The fourth-order valence-corrected chi connectivity index (χ4v) is 8.33. The Hall–Kier alpha value is -1.35. The molecule has 6 rings (SSSR count). The molecule has 6 aliphatic rings. The maximum atomic E-state index is 13.9. The van der Waals surface area contributed by atoms with E-state index < -0.39 is 0 Å². The predicted octanol–water partition coefficient (Wildman–Crippen LogP) is 4.33. The topological polar surface area (TPSA) is 32.3 Å². The number of rotatable bonds is 4. The van der Waals surface area contributed by atoms with E-state index in [-0.39, 0.29) is 10.8 Å². The maximum Gasteiger partial charge on any atom is 0.228 e. The molecule has 0 aromatic rings. The summed E-state index contributed by atoms with van der Waals surface area (Å²) in [5, 5.41) is 3.51. The molecular formula is C25H36N2O. The van der Waals surface area contributed by atoms with E-state index in [9.17, 15) is 4.79 Å². The van der Waals surface area contributed by atoms with Gasteiger partial charge < -0.3 is 10.2 Å². The molecule has 4 bridgehead atoms. The fraction of sp³-hybridized carbons (Fsp3) is 0.720. The van der Waals surface area contributed by atoms with Gasteiger partial charge in [-0.3, -0.25) is 4.79 Å². The molecule has 3 nitrogen and oxygen atoms in total. The van der Waals surface area contributed by atoms with Crippen molar-refractivity contribution in [3.05, 3.63) is 36.5 Å². The summed E-state index contributed by atoms with van der Waals surface area (Å²) in [5.41, 5.74) is 1.58. The smallest absolute Gasteiger partial charge is 0.228 e. The number of hydrogen-bond donors (Lipinski definition) is 1. The third-order valence-corrected chi connectivity index (χ3v) is 8.76. The van der Waals surface area contributed by atoms with E-state index in [1.54, 1.807) is 0 Å². The van der Waals surface area contributed by atoms with Crippen molar-refractivity contribution in [1.29, 1.82) is 0 Å². The fourth-order valence-electron chi connectivity index (χ4n) is 8.33. The highest BCUT2D eigenvalue weighted by molar-refractivity contribution is 5.84. The highest BCUT2D eigenvalue weighted by Gasteiger charge is 2.65. The van der Waals surface area contributed by atoms with Crippen LogP contribution in [0.25, 0.3) is 0 Å². The van der Waals surface area contributed by atoms with Gasteiger partial charge in [-0.05, 0) is 79.6 Å². The SMILES string of the molecule is C=C(/C=C\C=C/C)[C@]12CC3CC(C(=O)N4C[C@H]5CNC[C@H]5C4)(C[C@](C)(C3)C1)C2. The second-order valence-electron chi connectivity index (χ2n) is 11.2. The molecule has 3 heteroatoms. The maximum absolute atomic E-state index is 13.9. The lowest BCUT2D eigenvalue weighted by Gasteiger charge is -2.66. The summed E-state index contributed by atoms with van der Waals surface area (Å²) in [6.45, 7) is 13.2. The number of carbonyl (C=O) groups is 1. The molecule has 0 spiro atoms. The zero-order valence-electron chi connectivity index (χ0n) is 17.7. The number of likely N-dealkylation sites (tertiary alicyclic amines) is 1. The van der Waals surface area contributed by atoms with Crippen LogP contribution < -0.4 is 5.32 Å². The molecule has 0 aromatic carbocycles. The Kier molecular flexibility index (Phi) is 4.21. The van der Waals surface area contributed by atoms with E-state index in [2.05, 4.69) is 48.0 Å². The van der Waals surface area contributed by atoms with Gasteiger partial charge in [0.05, 0.1) is 5.41 Å². The van der Waals surface area contributed by atoms with E-state index >= 15 is 0 Å². The Morgan fingerprint density at radius 1 is 1.04 bits per heavy atom. The summed E-state index contributed by atoms with van der Waals surface area (Å²) < 4.78 is 0. The second-order valence-corrected chi connectivity index (χ2v) is 11.2. The largest absolute Gasteiger partial charge is 0.342 e. The zero-order valence-corrected chi connectivity index (χ0v) is 17.7. The van der Waals surface area contributed by atoms with Crippen LogP contribution in [0.15, 0.2) is 36.5 Å². The third-order valence-electron chi connectivity index (χ3n) is 8.76. The number of carbonyl (C=O) groups excluding carboxylic acids is 1. The quantitative estimate of drug-likeness (QED) is 0.736. The van der Waals surface area contributed by atoms with E-state index in [1.807, 2.05) is 6.92 Å². The van der Waals surface area contributed by atoms with Crippen LogP contribution in [0.4, 0.5) is 0 Å². The molecule has 152 valence electrons. The molecule has 2 heterocycles. The third kappa shape index (κ3) is 2.76. The Labute approximate surface area is 170 Å². The van der Waals surface area contributed by atoms with Crippen molar-refractivity contribution in [2.24, 2.45) is 34.0 Å². The first-order valence-electron chi connectivity index (χ1n) is 11.4. The van der Waals surface area contributed by atoms with Gasteiger partial charge in [-0.2, -0.15) is 0 Å². The van der Waals surface area contributed by atoms with Crippen LogP contribution in [0.2, 0.25) is 0 Å². The normalized spacial score (nSPS) is 46.8. The minimum Gasteiger partial charge on any atom is -0.342 e. The van der Waals surface area contributed by atoms with Crippen LogP contribution >= 0.6 is 0 Å². The molecule has 2 saturated heterocycles. The Bertz CT molecular complexity index is 742. The van der Waals surface area contributed by atoms with Crippen molar-refractivity contribution in [1.82, 2.24) is 10.2 Å². The van der Waals surface area contributed by atoms with Crippen molar-refractivity contribution in [3.63, 3.8) is 0 Å². The molecule has 2 unspecified atom stereocenters. The summed E-state index contributed by atoms with van der Waals surface area (Å²) in [4.78, 5) is 16.2. The Morgan fingerprint density at radius 2 is 1.71 bits per heavy atom. The first kappa shape index (κ1) is 18.7. The van der Waals surface area contributed by atoms with E-state index in [4.69, 9.17) is 0 Å². The standard InChI is InChI=1S/C25H36N2O/c1-4-5-6-7-18(2)24-9-19-8-23(3,15-24)16-25(10-19,17-24)22(28)27-13-20-11-26-12-21(20)14-27/h4-7,19-21,26H,2,8-17H2,1,3H3/b5-4-,7-6-/t19?,20-,21+,23-,24-,25?/m1/s1. The van der Waals surface area contributed by atoms with E-state index in [1.165, 1.54) is 24.8 Å². The minimum atomic E-state index is -0.127. The first-order chi connectivity index (χ1) is 13.4. The summed E-state index contributed by atoms with van der Waals surface area (Å²) in [6, 6.07) is 0. The van der Waals surface area contributed by atoms with Gasteiger partial charge in [-0.15, -0.1) is 0 Å². The van der Waals surface area contributed by atoms with Gasteiger partial charge in [0.1, 0.15) is 0 Å². The molecule has 6 atom stereocenters. The summed E-state index contributed by atoms with van der Waals surface area (Å²) in [5.74, 6) is 2.55. The van der Waals surface area contributed by atoms with Gasteiger partial charge in [0, 0.05) is 26.2 Å². The van der Waals surface area contributed by atoms with Crippen molar-refractivity contribution in [2.45, 2.75) is 52.4 Å². The Morgan fingerprint density at radius 3 is 2.39 bits per heavy atom. The molecule has 4 aliphatic carbocycles.